The lowest BCUT2D eigenvalue weighted by molar-refractivity contribution is 0.592. The molecule has 0 aliphatic carbocycles. The Morgan fingerprint density at radius 3 is 2.30 bits per heavy atom. The van der Waals surface area contributed by atoms with Gasteiger partial charge in [0.25, 0.3) is 0 Å². The molecule has 0 amide bonds. The maximum absolute atomic E-state index is 11.2. The zero-order chi connectivity index (χ0) is 14.8. The fraction of sp³-hybridized carbons (Fsp3) is 0.0833. The Morgan fingerprint density at radius 1 is 1.10 bits per heavy atom. The lowest BCUT2D eigenvalue weighted by Crippen LogP contribution is -2.04. The maximum Gasteiger partial charge on any atom is 0.246 e. The van der Waals surface area contributed by atoms with E-state index in [2.05, 4.69) is 9.97 Å². The number of aromatic nitrogens is 2. The van der Waals surface area contributed by atoms with Gasteiger partial charge in [-0.3, -0.25) is 0 Å². The minimum absolute atomic E-state index is 0.211. The molecule has 0 bridgehead atoms. The Hall–Kier alpha value is -1.80. The van der Waals surface area contributed by atoms with Crippen LogP contribution in [0.5, 0.6) is 0 Å². The van der Waals surface area contributed by atoms with Crippen molar-refractivity contribution >= 4 is 20.5 Å². The van der Waals surface area contributed by atoms with Crippen LogP contribution in [0.25, 0.3) is 0 Å². The van der Waals surface area contributed by atoms with E-state index in [0.717, 1.165) is 6.26 Å². The van der Waals surface area contributed by atoms with Gasteiger partial charge in [0, 0.05) is 25.1 Å². The lowest BCUT2D eigenvalue weighted by atomic mass is 10.1. The summed E-state index contributed by atoms with van der Waals surface area (Å²) in [4.78, 5) is 7.72. The number of hydrogen-bond donors (Lipinski definition) is 1. The van der Waals surface area contributed by atoms with Crippen molar-refractivity contribution in [3.63, 3.8) is 0 Å². The Bertz CT molecular complexity index is 788. The quantitative estimate of drug-likeness (QED) is 0.651. The molecule has 0 unspecified atom stereocenters. The number of nitrogens with zero attached hydrogens (tertiary/aromatic N) is 2. The Balaban J connectivity index is 2.24. The average Bonchev–Trinajstić information content (AvgIpc) is 2.38. The Labute approximate surface area is 118 Å². The number of hydrogen-bond acceptors (Lipinski definition) is 6. The number of sulfone groups is 1. The summed E-state index contributed by atoms with van der Waals surface area (Å²) >= 11 is 0. The zero-order valence-corrected chi connectivity index (χ0v) is 12.1. The van der Waals surface area contributed by atoms with Crippen LogP contribution >= 0.6 is 0 Å². The summed E-state index contributed by atoms with van der Waals surface area (Å²) in [5, 5.41) is -0.244. The van der Waals surface area contributed by atoms with E-state index in [9.17, 15) is 16.8 Å². The molecule has 105 valence electrons. The second-order valence-electron chi connectivity index (χ2n) is 4.07. The Kier molecular flexibility index (Phi) is 4.15. The summed E-state index contributed by atoms with van der Waals surface area (Å²) in [5.41, 5.74) is 1.24. The Morgan fingerprint density at radius 2 is 1.75 bits per heavy atom. The molecule has 0 saturated carbocycles. The normalized spacial score (nSPS) is 11.7. The van der Waals surface area contributed by atoms with Gasteiger partial charge < -0.3 is 0 Å². The molecule has 1 radical (unpaired) electrons. The van der Waals surface area contributed by atoms with Gasteiger partial charge in [0.2, 0.25) is 15.0 Å². The van der Waals surface area contributed by atoms with Crippen molar-refractivity contribution in [2.24, 2.45) is 0 Å². The van der Waals surface area contributed by atoms with Crippen LogP contribution in [0.3, 0.4) is 0 Å². The second-order valence-corrected chi connectivity index (χ2v) is 7.01. The van der Waals surface area contributed by atoms with Crippen molar-refractivity contribution in [2.75, 3.05) is 6.26 Å². The minimum atomic E-state index is -3.43. The highest BCUT2D eigenvalue weighted by Gasteiger charge is 2.10. The van der Waals surface area contributed by atoms with Gasteiger partial charge in [-0.2, -0.15) is 0 Å². The van der Waals surface area contributed by atoms with E-state index in [1.165, 1.54) is 24.5 Å². The fourth-order valence-corrected chi connectivity index (χ4v) is 2.46. The van der Waals surface area contributed by atoms with E-state index in [0.29, 0.717) is 11.1 Å². The third-order valence-electron chi connectivity index (χ3n) is 2.39. The molecule has 6 nitrogen and oxygen atoms in total. The molecule has 1 aromatic heterocycles. The third kappa shape index (κ3) is 3.61. The highest BCUT2D eigenvalue weighted by atomic mass is 32.2. The number of benzene rings is 1. The highest BCUT2D eigenvalue weighted by molar-refractivity contribution is 7.90. The molecule has 1 aromatic carbocycles. The summed E-state index contributed by atoms with van der Waals surface area (Å²) in [5.74, 6) is 0. The second kappa shape index (κ2) is 5.68. The van der Waals surface area contributed by atoms with E-state index in [4.69, 9.17) is 0 Å². The van der Waals surface area contributed by atoms with Crippen molar-refractivity contribution in [1.82, 2.24) is 9.97 Å². The van der Waals surface area contributed by atoms with Gasteiger partial charge in [0.15, 0.2) is 10.7 Å². The van der Waals surface area contributed by atoms with E-state index in [1.54, 1.807) is 18.6 Å². The first-order valence-corrected chi connectivity index (χ1v) is 8.54. The summed E-state index contributed by atoms with van der Waals surface area (Å²) in [6, 6.07) is 6.35. The van der Waals surface area contributed by atoms with Gasteiger partial charge in [-0.25, -0.2) is 26.8 Å². The predicted molar refractivity (Wildman–Crippen MR) is 72.7 cm³/mol. The first-order chi connectivity index (χ1) is 9.36. The number of thiol groups is 1. The van der Waals surface area contributed by atoms with E-state index in [1.807, 2.05) is 0 Å². The van der Waals surface area contributed by atoms with Gasteiger partial charge >= 0.3 is 0 Å². The molecular weight excluding hydrogens is 300 g/mol. The summed E-state index contributed by atoms with van der Waals surface area (Å²) in [7, 11) is -6.06. The summed E-state index contributed by atoms with van der Waals surface area (Å²) in [6.45, 7) is 0. The summed E-state index contributed by atoms with van der Waals surface area (Å²) < 4.78 is 44.2. The van der Waals surface area contributed by atoms with Gasteiger partial charge in [-0.15, -0.1) is 0 Å². The van der Waals surface area contributed by atoms with Gasteiger partial charge in [-0.05, 0) is 23.3 Å². The fourth-order valence-electron chi connectivity index (χ4n) is 1.51. The van der Waals surface area contributed by atoms with Crippen LogP contribution in [0.15, 0.2) is 46.7 Å². The average molecular weight is 311 g/mol. The van der Waals surface area contributed by atoms with Crippen molar-refractivity contribution in [2.45, 2.75) is 10.1 Å². The van der Waals surface area contributed by atoms with Gasteiger partial charge in [-0.1, -0.05) is 12.1 Å². The maximum atomic E-state index is 11.2. The monoisotopic (exact) mass is 311 g/mol. The third-order valence-corrected chi connectivity index (χ3v) is 3.97. The first kappa shape index (κ1) is 14.6. The van der Waals surface area contributed by atoms with Gasteiger partial charge in [0.05, 0.1) is 4.90 Å². The smallest absolute Gasteiger partial charge is 0.227 e. The largest absolute Gasteiger partial charge is 0.246 e. The molecule has 20 heavy (non-hydrogen) atoms. The van der Waals surface area contributed by atoms with Crippen LogP contribution in [-0.2, 0) is 20.5 Å². The van der Waals surface area contributed by atoms with Gasteiger partial charge in [0.1, 0.15) is 0 Å². The molecule has 0 aliphatic heterocycles. The lowest BCUT2D eigenvalue weighted by Gasteiger charge is -2.02. The van der Waals surface area contributed by atoms with Crippen LogP contribution < -0.4 is 0 Å². The molecule has 0 atom stereocenters. The molecule has 0 N–H and O–H groups in total. The first-order valence-electron chi connectivity index (χ1n) is 5.47. The van der Waals surface area contributed by atoms with Crippen molar-refractivity contribution in [3.05, 3.63) is 54.2 Å². The van der Waals surface area contributed by atoms with E-state index < -0.39 is 20.5 Å². The molecule has 2 rings (SSSR count). The van der Waals surface area contributed by atoms with Crippen LogP contribution in [0.2, 0.25) is 0 Å². The van der Waals surface area contributed by atoms with E-state index >= 15 is 0 Å². The van der Waals surface area contributed by atoms with Crippen molar-refractivity contribution in [1.29, 1.82) is 0 Å². The summed E-state index contributed by atoms with van der Waals surface area (Å²) in [6.07, 6.45) is 5.43. The highest BCUT2D eigenvalue weighted by Crippen LogP contribution is 2.13. The molecule has 0 saturated heterocycles. The van der Waals surface area contributed by atoms with Crippen molar-refractivity contribution < 1.29 is 16.8 Å². The molecule has 1 heterocycles. The molecule has 0 fully saturated rings. The van der Waals surface area contributed by atoms with Crippen molar-refractivity contribution in [3.8, 4) is 0 Å². The van der Waals surface area contributed by atoms with Crippen LogP contribution in [-0.4, -0.2) is 33.1 Å². The molecular formula is C12H11N2O4S2. The molecule has 2 aromatic rings. The standard InChI is InChI=1S/C12H11N2O4S2/c1-20(17,18)12-13-7-10(8-14-12)5-9-3-2-4-11(6-9)19(15)16/h2-8,19H,1H3. The zero-order valence-electron chi connectivity index (χ0n) is 10.4. The molecule has 0 aliphatic rings. The SMILES string of the molecule is CS(=O)(=O)c1ncc([CH]c2cccc([SH](=O)=O)c2)cn1. The van der Waals surface area contributed by atoms with Crippen LogP contribution in [0.4, 0.5) is 0 Å². The number of rotatable bonds is 4. The van der Waals surface area contributed by atoms with E-state index in [-0.39, 0.29) is 10.1 Å². The van der Waals surface area contributed by atoms with Crippen LogP contribution in [0, 0.1) is 6.42 Å². The molecule has 8 heteroatoms. The topological polar surface area (TPSA) is 94.1 Å². The predicted octanol–water partition coefficient (Wildman–Crippen LogP) is 0.451. The minimum Gasteiger partial charge on any atom is -0.227 e. The molecule has 0 spiro atoms. The van der Waals surface area contributed by atoms with Crippen LogP contribution in [0.1, 0.15) is 11.1 Å².